The molecular weight excluding hydrogens is 454 g/mol. The third kappa shape index (κ3) is 5.18. The van der Waals surface area contributed by atoms with E-state index in [1.165, 1.54) is 11.3 Å². The summed E-state index contributed by atoms with van der Waals surface area (Å²) in [6, 6.07) is 14.1. The zero-order chi connectivity index (χ0) is 25.1. The fourth-order valence-corrected chi connectivity index (χ4v) is 5.04. The van der Waals surface area contributed by atoms with Crippen LogP contribution in [-0.4, -0.2) is 41.6 Å². The number of aryl methyl sites for hydroxylation is 2. The van der Waals surface area contributed by atoms with E-state index in [-0.39, 0.29) is 12.7 Å². The van der Waals surface area contributed by atoms with Crippen LogP contribution in [-0.2, 0) is 19.6 Å². The van der Waals surface area contributed by atoms with E-state index >= 15 is 0 Å². The van der Waals surface area contributed by atoms with Crippen molar-refractivity contribution in [3.05, 3.63) is 70.5 Å². The summed E-state index contributed by atoms with van der Waals surface area (Å²) in [4.78, 5) is 15.0. The van der Waals surface area contributed by atoms with E-state index in [0.29, 0.717) is 18.2 Å². The molecule has 5 rings (SSSR count). The number of nitrogens with one attached hydrogen (secondary N) is 2. The molecule has 0 radical (unpaired) electrons. The van der Waals surface area contributed by atoms with Crippen LogP contribution in [0.3, 0.4) is 0 Å². The maximum Gasteiger partial charge on any atom is 0.251 e. The second-order valence-electron chi connectivity index (χ2n) is 9.52. The van der Waals surface area contributed by atoms with Crippen LogP contribution < -0.4 is 25.0 Å². The van der Waals surface area contributed by atoms with Gasteiger partial charge in [-0.15, -0.1) is 0 Å². The molecule has 0 unspecified atom stereocenters. The van der Waals surface area contributed by atoms with Crippen LogP contribution in [0.25, 0.3) is 0 Å². The largest absolute Gasteiger partial charge is 0.454 e. The highest BCUT2D eigenvalue weighted by atomic mass is 16.7. The van der Waals surface area contributed by atoms with Gasteiger partial charge >= 0.3 is 0 Å². The number of amides is 1. The van der Waals surface area contributed by atoms with Crippen LogP contribution in [0.2, 0.25) is 0 Å². The Hall–Kier alpha value is -3.52. The number of piperidine rings is 1. The van der Waals surface area contributed by atoms with E-state index in [9.17, 15) is 4.79 Å². The molecule has 2 aromatic carbocycles. The van der Waals surface area contributed by atoms with Gasteiger partial charge in [-0.3, -0.25) is 9.48 Å². The van der Waals surface area contributed by atoms with E-state index in [1.54, 1.807) is 0 Å². The Morgan fingerprint density at radius 3 is 2.50 bits per heavy atom. The second kappa shape index (κ2) is 10.6. The zero-order valence-electron chi connectivity index (χ0n) is 21.3. The molecule has 0 atom stereocenters. The first-order valence-corrected chi connectivity index (χ1v) is 12.8. The van der Waals surface area contributed by atoms with Crippen molar-refractivity contribution in [3.8, 4) is 11.5 Å². The number of aromatic nitrogens is 2. The first kappa shape index (κ1) is 24.2. The summed E-state index contributed by atoms with van der Waals surface area (Å²) in [7, 11) is 0. The van der Waals surface area contributed by atoms with E-state index in [4.69, 9.17) is 9.47 Å². The lowest BCUT2D eigenvalue weighted by atomic mass is 10.0. The van der Waals surface area contributed by atoms with Gasteiger partial charge in [-0.2, -0.15) is 5.10 Å². The molecule has 0 bridgehead atoms. The Balaban J connectivity index is 1.09. The summed E-state index contributed by atoms with van der Waals surface area (Å²) < 4.78 is 12.8. The summed E-state index contributed by atoms with van der Waals surface area (Å²) in [6.45, 7) is 10.9. The SMILES string of the molecule is CCn1nc(C)c(CNC2CCN(c3ccc(C(=O)NCc4ccc5c(c4)OCO5)cc3)CC2)c1C. The second-order valence-corrected chi connectivity index (χ2v) is 9.52. The molecule has 1 saturated heterocycles. The number of rotatable bonds is 8. The number of nitrogens with zero attached hydrogens (tertiary/aromatic N) is 3. The molecule has 1 amide bonds. The van der Waals surface area contributed by atoms with Gasteiger partial charge in [0.2, 0.25) is 6.79 Å². The molecule has 0 aliphatic carbocycles. The molecule has 1 aromatic heterocycles. The number of benzene rings is 2. The molecular formula is C28H35N5O3. The maximum absolute atomic E-state index is 12.6. The number of carbonyl (C=O) groups is 1. The monoisotopic (exact) mass is 489 g/mol. The summed E-state index contributed by atoms with van der Waals surface area (Å²) >= 11 is 0. The lowest BCUT2D eigenvalue weighted by Gasteiger charge is -2.34. The molecule has 0 saturated carbocycles. The summed E-state index contributed by atoms with van der Waals surface area (Å²) in [6.07, 6.45) is 2.19. The summed E-state index contributed by atoms with van der Waals surface area (Å²) in [5.74, 6) is 1.39. The molecule has 8 heteroatoms. The average Bonchev–Trinajstić information content (AvgIpc) is 3.49. The molecule has 190 valence electrons. The highest BCUT2D eigenvalue weighted by Gasteiger charge is 2.21. The zero-order valence-corrected chi connectivity index (χ0v) is 21.3. The van der Waals surface area contributed by atoms with E-state index in [0.717, 1.165) is 67.5 Å². The minimum atomic E-state index is -0.0842. The van der Waals surface area contributed by atoms with Crippen LogP contribution in [0.5, 0.6) is 11.5 Å². The number of anilines is 1. The normalized spacial score (nSPS) is 15.4. The standard InChI is InChI=1S/C28H35N5O3/c1-4-33-20(3)25(19(2)31-33)17-29-23-11-13-32(14-12-23)24-8-6-22(7-9-24)28(34)30-16-21-5-10-26-27(15-21)36-18-35-26/h5-10,15,23,29H,4,11-14,16-18H2,1-3H3,(H,30,34). The highest BCUT2D eigenvalue weighted by molar-refractivity contribution is 5.94. The van der Waals surface area contributed by atoms with Crippen LogP contribution in [0.1, 0.15) is 52.6 Å². The number of ether oxygens (including phenoxy) is 2. The Morgan fingerprint density at radius 2 is 1.78 bits per heavy atom. The van der Waals surface area contributed by atoms with Gasteiger partial charge in [-0.25, -0.2) is 0 Å². The molecule has 2 aliphatic rings. The van der Waals surface area contributed by atoms with Gasteiger partial charge in [0.25, 0.3) is 5.91 Å². The highest BCUT2D eigenvalue weighted by Crippen LogP contribution is 2.32. The molecule has 2 N–H and O–H groups in total. The summed E-state index contributed by atoms with van der Waals surface area (Å²) in [5, 5.41) is 11.4. The Labute approximate surface area is 212 Å². The molecule has 2 aliphatic heterocycles. The molecule has 3 heterocycles. The Kier molecular flexibility index (Phi) is 7.13. The van der Waals surface area contributed by atoms with Crippen LogP contribution in [0.15, 0.2) is 42.5 Å². The van der Waals surface area contributed by atoms with Gasteiger partial charge in [0, 0.05) is 61.3 Å². The van der Waals surface area contributed by atoms with Crippen molar-refractivity contribution in [2.75, 3.05) is 24.8 Å². The van der Waals surface area contributed by atoms with Crippen LogP contribution in [0, 0.1) is 13.8 Å². The number of hydrogen-bond donors (Lipinski definition) is 2. The van der Waals surface area contributed by atoms with Gasteiger partial charge in [-0.1, -0.05) is 6.07 Å². The van der Waals surface area contributed by atoms with Gasteiger partial charge in [0.1, 0.15) is 0 Å². The third-order valence-electron chi connectivity index (χ3n) is 7.28. The Bertz CT molecular complexity index is 1210. The smallest absolute Gasteiger partial charge is 0.251 e. The van der Waals surface area contributed by atoms with Gasteiger partial charge in [0.15, 0.2) is 11.5 Å². The quantitative estimate of drug-likeness (QED) is 0.499. The first-order chi connectivity index (χ1) is 17.5. The lowest BCUT2D eigenvalue weighted by Crippen LogP contribution is -2.42. The predicted molar refractivity (Wildman–Crippen MR) is 140 cm³/mol. The van der Waals surface area contributed by atoms with Crippen molar-refractivity contribution in [1.82, 2.24) is 20.4 Å². The average molecular weight is 490 g/mol. The molecule has 3 aromatic rings. The Morgan fingerprint density at radius 1 is 1.03 bits per heavy atom. The number of fused-ring (bicyclic) bond motifs is 1. The number of hydrogen-bond acceptors (Lipinski definition) is 6. The molecule has 0 spiro atoms. The van der Waals surface area contributed by atoms with Crippen molar-refractivity contribution in [3.63, 3.8) is 0 Å². The lowest BCUT2D eigenvalue weighted by molar-refractivity contribution is 0.0951. The van der Waals surface area contributed by atoms with Crippen molar-refractivity contribution >= 4 is 11.6 Å². The van der Waals surface area contributed by atoms with E-state index < -0.39 is 0 Å². The van der Waals surface area contributed by atoms with Crippen molar-refractivity contribution < 1.29 is 14.3 Å². The van der Waals surface area contributed by atoms with Crippen molar-refractivity contribution in [2.24, 2.45) is 0 Å². The van der Waals surface area contributed by atoms with Crippen LogP contribution in [0.4, 0.5) is 5.69 Å². The van der Waals surface area contributed by atoms with E-state index in [1.807, 2.05) is 30.3 Å². The van der Waals surface area contributed by atoms with Crippen LogP contribution >= 0.6 is 0 Å². The van der Waals surface area contributed by atoms with Crippen molar-refractivity contribution in [2.45, 2.75) is 59.3 Å². The van der Waals surface area contributed by atoms with E-state index in [2.05, 4.69) is 58.2 Å². The third-order valence-corrected chi connectivity index (χ3v) is 7.28. The fraction of sp³-hybridized carbons (Fsp3) is 0.429. The van der Waals surface area contributed by atoms with Crippen molar-refractivity contribution in [1.29, 1.82) is 0 Å². The van der Waals surface area contributed by atoms with Gasteiger partial charge in [-0.05, 0) is 75.6 Å². The fourth-order valence-electron chi connectivity index (χ4n) is 5.04. The van der Waals surface area contributed by atoms with Gasteiger partial charge < -0.3 is 25.0 Å². The number of carbonyl (C=O) groups excluding carboxylic acids is 1. The van der Waals surface area contributed by atoms with Gasteiger partial charge in [0.05, 0.1) is 5.69 Å². The summed E-state index contributed by atoms with van der Waals surface area (Å²) in [5.41, 5.74) is 6.52. The topological polar surface area (TPSA) is 80.7 Å². The molecule has 1 fully saturated rings. The maximum atomic E-state index is 12.6. The minimum absolute atomic E-state index is 0.0842. The predicted octanol–water partition coefficient (Wildman–Crippen LogP) is 3.94. The first-order valence-electron chi connectivity index (χ1n) is 12.8. The minimum Gasteiger partial charge on any atom is -0.454 e. The molecule has 8 nitrogen and oxygen atoms in total. The molecule has 36 heavy (non-hydrogen) atoms.